The summed E-state index contributed by atoms with van der Waals surface area (Å²) in [5.74, 6) is -1.09. The Bertz CT molecular complexity index is 1010. The van der Waals surface area contributed by atoms with Crippen LogP contribution in [0.3, 0.4) is 0 Å². The second-order valence-electron chi connectivity index (χ2n) is 5.40. The van der Waals surface area contributed by atoms with Crippen LogP contribution in [0.4, 0.5) is 5.69 Å². The molecule has 3 rings (SSSR count). The summed E-state index contributed by atoms with van der Waals surface area (Å²) < 4.78 is 1.77. The molecular weight excluding hydrogens is 386 g/mol. The zero-order valence-corrected chi connectivity index (χ0v) is 14.8. The van der Waals surface area contributed by atoms with E-state index in [1.807, 2.05) is 19.1 Å². The van der Waals surface area contributed by atoms with E-state index >= 15 is 0 Å². The van der Waals surface area contributed by atoms with Gasteiger partial charge < -0.3 is 10.4 Å². The highest BCUT2D eigenvalue weighted by Gasteiger charge is 2.17. The molecular formula is C18H14BrN3O3. The van der Waals surface area contributed by atoms with Gasteiger partial charge in [0.1, 0.15) is 0 Å². The molecule has 0 aliphatic heterocycles. The molecule has 1 amide bonds. The van der Waals surface area contributed by atoms with E-state index in [1.54, 1.807) is 36.4 Å². The van der Waals surface area contributed by atoms with E-state index in [1.165, 1.54) is 0 Å². The molecule has 6 nitrogen and oxygen atoms in total. The Kier molecular flexibility index (Phi) is 4.67. The van der Waals surface area contributed by atoms with Crippen molar-refractivity contribution in [2.24, 2.45) is 0 Å². The van der Waals surface area contributed by atoms with Crippen LogP contribution in [0.2, 0.25) is 0 Å². The quantitative estimate of drug-likeness (QED) is 0.707. The third kappa shape index (κ3) is 3.61. The number of para-hydroxylation sites is 1. The van der Waals surface area contributed by atoms with Crippen molar-refractivity contribution < 1.29 is 9.90 Å². The summed E-state index contributed by atoms with van der Waals surface area (Å²) in [6.07, 6.45) is 0. The topological polar surface area (TPSA) is 84.2 Å². The van der Waals surface area contributed by atoms with Gasteiger partial charge in [0.05, 0.1) is 11.4 Å². The molecule has 1 aromatic heterocycles. The summed E-state index contributed by atoms with van der Waals surface area (Å²) in [6, 6.07) is 15.2. The molecule has 3 aromatic rings. The van der Waals surface area contributed by atoms with Crippen LogP contribution in [-0.2, 0) is 0 Å². The maximum absolute atomic E-state index is 12.5. The molecule has 0 spiro atoms. The van der Waals surface area contributed by atoms with Crippen molar-refractivity contribution in [2.45, 2.75) is 6.92 Å². The minimum atomic E-state index is -0.620. The molecule has 0 aliphatic carbocycles. The SMILES string of the molecule is Cc1cccc(-n2nc(C(=O)Nc3ccccc3Br)c(O)cc2=O)c1. The van der Waals surface area contributed by atoms with Gasteiger partial charge in [0, 0.05) is 10.5 Å². The lowest BCUT2D eigenvalue weighted by Crippen LogP contribution is -2.25. The number of rotatable bonds is 3. The molecule has 126 valence electrons. The minimum Gasteiger partial charge on any atom is -0.505 e. The van der Waals surface area contributed by atoms with Gasteiger partial charge in [-0.05, 0) is 52.7 Å². The molecule has 2 aromatic carbocycles. The molecule has 25 heavy (non-hydrogen) atoms. The maximum Gasteiger partial charge on any atom is 0.280 e. The Morgan fingerprint density at radius 2 is 1.92 bits per heavy atom. The fourth-order valence-electron chi connectivity index (χ4n) is 2.30. The number of hydrogen-bond acceptors (Lipinski definition) is 4. The van der Waals surface area contributed by atoms with Crippen molar-refractivity contribution >= 4 is 27.5 Å². The number of anilines is 1. The zero-order chi connectivity index (χ0) is 18.0. The average Bonchev–Trinajstić information content (AvgIpc) is 2.57. The third-order valence-electron chi connectivity index (χ3n) is 3.49. The minimum absolute atomic E-state index is 0.239. The normalized spacial score (nSPS) is 10.5. The number of carbonyl (C=O) groups is 1. The van der Waals surface area contributed by atoms with Gasteiger partial charge in [0.15, 0.2) is 11.4 Å². The summed E-state index contributed by atoms with van der Waals surface area (Å²) >= 11 is 3.33. The molecule has 0 atom stereocenters. The summed E-state index contributed by atoms with van der Waals surface area (Å²) in [7, 11) is 0. The molecule has 0 radical (unpaired) electrons. The predicted molar refractivity (Wildman–Crippen MR) is 98.3 cm³/mol. The fourth-order valence-corrected chi connectivity index (χ4v) is 2.68. The first-order valence-electron chi connectivity index (χ1n) is 7.42. The monoisotopic (exact) mass is 399 g/mol. The van der Waals surface area contributed by atoms with E-state index < -0.39 is 17.2 Å². The van der Waals surface area contributed by atoms with E-state index in [4.69, 9.17) is 0 Å². The Labute approximate surface area is 151 Å². The second kappa shape index (κ2) is 6.90. The number of nitrogens with one attached hydrogen (secondary N) is 1. The van der Waals surface area contributed by atoms with Gasteiger partial charge in [0.25, 0.3) is 11.5 Å². The van der Waals surface area contributed by atoms with Gasteiger partial charge >= 0.3 is 0 Å². The first-order chi connectivity index (χ1) is 12.0. The first kappa shape index (κ1) is 16.9. The summed E-state index contributed by atoms with van der Waals surface area (Å²) in [5.41, 5.74) is 1.22. The van der Waals surface area contributed by atoms with Crippen molar-refractivity contribution in [3.8, 4) is 11.4 Å². The van der Waals surface area contributed by atoms with Crippen LogP contribution in [0.5, 0.6) is 5.75 Å². The van der Waals surface area contributed by atoms with Gasteiger partial charge in [0.2, 0.25) is 0 Å². The number of hydrogen-bond donors (Lipinski definition) is 2. The summed E-state index contributed by atoms with van der Waals surface area (Å²) in [4.78, 5) is 24.6. The van der Waals surface area contributed by atoms with Gasteiger partial charge in [-0.15, -0.1) is 0 Å². The molecule has 0 bridgehead atoms. The zero-order valence-electron chi connectivity index (χ0n) is 13.2. The highest BCUT2D eigenvalue weighted by Crippen LogP contribution is 2.23. The number of aromatic hydroxyl groups is 1. The number of aromatic nitrogens is 2. The second-order valence-corrected chi connectivity index (χ2v) is 6.26. The van der Waals surface area contributed by atoms with E-state index in [0.29, 0.717) is 15.8 Å². The highest BCUT2D eigenvalue weighted by atomic mass is 79.9. The van der Waals surface area contributed by atoms with E-state index in [-0.39, 0.29) is 5.69 Å². The van der Waals surface area contributed by atoms with Crippen molar-refractivity contribution in [2.75, 3.05) is 5.32 Å². The van der Waals surface area contributed by atoms with Gasteiger partial charge in [-0.2, -0.15) is 9.78 Å². The van der Waals surface area contributed by atoms with Crippen LogP contribution >= 0.6 is 15.9 Å². The lowest BCUT2D eigenvalue weighted by atomic mass is 10.2. The Hall–Kier alpha value is -2.93. The molecule has 7 heteroatoms. The predicted octanol–water partition coefficient (Wildman–Crippen LogP) is 3.26. The molecule has 0 saturated heterocycles. The molecule has 0 unspecified atom stereocenters. The number of amides is 1. The molecule has 1 heterocycles. The highest BCUT2D eigenvalue weighted by molar-refractivity contribution is 9.10. The number of benzene rings is 2. The number of aryl methyl sites for hydroxylation is 1. The lowest BCUT2D eigenvalue weighted by molar-refractivity contribution is 0.101. The Morgan fingerprint density at radius 3 is 2.64 bits per heavy atom. The lowest BCUT2D eigenvalue weighted by Gasteiger charge is -2.10. The smallest absolute Gasteiger partial charge is 0.280 e. The van der Waals surface area contributed by atoms with E-state index in [9.17, 15) is 14.7 Å². The molecule has 0 aliphatic rings. The number of halogens is 1. The molecule has 0 fully saturated rings. The van der Waals surface area contributed by atoms with Crippen LogP contribution in [0, 0.1) is 6.92 Å². The van der Waals surface area contributed by atoms with Crippen LogP contribution in [0.1, 0.15) is 16.1 Å². The van der Waals surface area contributed by atoms with E-state index in [2.05, 4.69) is 26.3 Å². The van der Waals surface area contributed by atoms with Crippen LogP contribution in [0.15, 0.2) is 63.9 Å². The Morgan fingerprint density at radius 1 is 1.16 bits per heavy atom. The standard InChI is InChI=1S/C18H14BrN3O3/c1-11-5-4-6-12(9-11)22-16(24)10-15(23)17(21-22)18(25)20-14-8-3-2-7-13(14)19/h2-10,23H,1H3,(H,20,25). The van der Waals surface area contributed by atoms with Crippen molar-refractivity contribution in [3.05, 3.63) is 80.7 Å². The molecule has 0 saturated carbocycles. The average molecular weight is 400 g/mol. The third-order valence-corrected chi connectivity index (χ3v) is 4.19. The number of nitrogens with zero attached hydrogens (tertiary/aromatic N) is 2. The summed E-state index contributed by atoms with van der Waals surface area (Å²) in [6.45, 7) is 1.88. The van der Waals surface area contributed by atoms with Crippen LogP contribution < -0.4 is 10.9 Å². The van der Waals surface area contributed by atoms with Crippen LogP contribution in [0.25, 0.3) is 5.69 Å². The van der Waals surface area contributed by atoms with Gasteiger partial charge in [-0.25, -0.2) is 0 Å². The van der Waals surface area contributed by atoms with Gasteiger partial charge in [-0.1, -0.05) is 24.3 Å². The van der Waals surface area contributed by atoms with Crippen molar-refractivity contribution in [1.82, 2.24) is 9.78 Å². The number of carbonyl (C=O) groups excluding carboxylic acids is 1. The maximum atomic E-state index is 12.5. The molecule has 2 N–H and O–H groups in total. The van der Waals surface area contributed by atoms with Crippen LogP contribution in [-0.4, -0.2) is 20.8 Å². The first-order valence-corrected chi connectivity index (χ1v) is 8.21. The van der Waals surface area contributed by atoms with Gasteiger partial charge in [-0.3, -0.25) is 9.59 Å². The van der Waals surface area contributed by atoms with Crippen molar-refractivity contribution in [3.63, 3.8) is 0 Å². The largest absolute Gasteiger partial charge is 0.505 e. The fraction of sp³-hybridized carbons (Fsp3) is 0.0556. The van der Waals surface area contributed by atoms with Crippen molar-refractivity contribution in [1.29, 1.82) is 0 Å². The summed E-state index contributed by atoms with van der Waals surface area (Å²) in [5, 5.41) is 16.7. The Balaban J connectivity index is 2.02. The van der Waals surface area contributed by atoms with E-state index in [0.717, 1.165) is 16.3 Å².